The number of hydrogen-bond donors (Lipinski definition) is 1. The van der Waals surface area contributed by atoms with Gasteiger partial charge in [-0.15, -0.1) is 0 Å². The van der Waals surface area contributed by atoms with Gasteiger partial charge >= 0.3 is 0 Å². The second-order valence-corrected chi connectivity index (χ2v) is 7.15. The third kappa shape index (κ3) is 3.51. The number of benzene rings is 2. The van der Waals surface area contributed by atoms with Crippen molar-refractivity contribution in [1.29, 1.82) is 0 Å². The first-order chi connectivity index (χ1) is 11.5. The second-order valence-electron chi connectivity index (χ2n) is 5.52. The minimum Gasteiger partial charge on any atom is -0.486 e. The van der Waals surface area contributed by atoms with Crippen LogP contribution < -0.4 is 14.3 Å². The predicted molar refractivity (Wildman–Crippen MR) is 91.3 cm³/mol. The highest BCUT2D eigenvalue weighted by Gasteiger charge is 2.16. The molecule has 0 aromatic heterocycles. The third-order valence-electron chi connectivity index (χ3n) is 3.59. The van der Waals surface area contributed by atoms with Crippen LogP contribution in [-0.2, 0) is 10.0 Å². The molecule has 0 saturated carbocycles. The first-order valence-electron chi connectivity index (χ1n) is 7.47. The van der Waals surface area contributed by atoms with Gasteiger partial charge in [-0.25, -0.2) is 4.83 Å². The Balaban J connectivity index is 1.77. The van der Waals surface area contributed by atoms with Crippen molar-refractivity contribution in [3.63, 3.8) is 0 Å². The first-order valence-corrected chi connectivity index (χ1v) is 8.96. The maximum Gasteiger partial charge on any atom is 0.276 e. The summed E-state index contributed by atoms with van der Waals surface area (Å²) in [6, 6.07) is 10.6. The Labute approximate surface area is 141 Å². The van der Waals surface area contributed by atoms with Crippen molar-refractivity contribution in [3.8, 4) is 11.5 Å². The molecule has 2 aromatic rings. The average Bonchev–Trinajstić information content (AvgIpc) is 2.56. The van der Waals surface area contributed by atoms with Gasteiger partial charge in [-0.3, -0.25) is 0 Å². The number of sulfonamides is 1. The molecular formula is C17H18N2O4S. The van der Waals surface area contributed by atoms with Crippen molar-refractivity contribution >= 4 is 16.2 Å². The molecule has 1 N–H and O–H groups in total. The lowest BCUT2D eigenvalue weighted by molar-refractivity contribution is 0.171. The molecular weight excluding hydrogens is 328 g/mol. The minimum atomic E-state index is -3.70. The van der Waals surface area contributed by atoms with Gasteiger partial charge in [0.05, 0.1) is 11.1 Å². The summed E-state index contributed by atoms with van der Waals surface area (Å²) in [6.45, 7) is 4.61. The number of fused-ring (bicyclic) bond motifs is 1. The van der Waals surface area contributed by atoms with Crippen molar-refractivity contribution < 1.29 is 17.9 Å². The Kier molecular flexibility index (Phi) is 4.44. The van der Waals surface area contributed by atoms with Crippen molar-refractivity contribution in [2.75, 3.05) is 13.2 Å². The summed E-state index contributed by atoms with van der Waals surface area (Å²) in [5, 5.41) is 3.85. The van der Waals surface area contributed by atoms with E-state index in [1.807, 2.05) is 13.0 Å². The van der Waals surface area contributed by atoms with Crippen LogP contribution in [0.2, 0.25) is 0 Å². The molecule has 24 heavy (non-hydrogen) atoms. The van der Waals surface area contributed by atoms with Crippen molar-refractivity contribution in [2.24, 2.45) is 5.10 Å². The number of aryl methyl sites for hydroxylation is 2. The molecule has 0 atom stereocenters. The highest BCUT2D eigenvalue weighted by atomic mass is 32.2. The maximum absolute atomic E-state index is 12.4. The van der Waals surface area contributed by atoms with E-state index in [1.54, 1.807) is 37.3 Å². The van der Waals surface area contributed by atoms with Gasteiger partial charge in [0.15, 0.2) is 11.5 Å². The molecule has 2 aromatic carbocycles. The van der Waals surface area contributed by atoms with Gasteiger partial charge < -0.3 is 9.47 Å². The molecule has 3 rings (SSSR count). The smallest absolute Gasteiger partial charge is 0.276 e. The molecule has 0 unspecified atom stereocenters. The number of nitrogens with one attached hydrogen (secondary N) is 1. The van der Waals surface area contributed by atoms with Gasteiger partial charge in [0, 0.05) is 0 Å². The van der Waals surface area contributed by atoms with Crippen LogP contribution in [0.4, 0.5) is 0 Å². The zero-order valence-electron chi connectivity index (χ0n) is 13.4. The van der Waals surface area contributed by atoms with Gasteiger partial charge in [-0.05, 0) is 54.8 Å². The normalized spacial score (nSPS) is 13.9. The first kappa shape index (κ1) is 16.3. The van der Waals surface area contributed by atoms with E-state index in [0.29, 0.717) is 35.8 Å². The summed E-state index contributed by atoms with van der Waals surface area (Å²) in [4.78, 5) is 2.47. The number of hydrogen-bond acceptors (Lipinski definition) is 5. The number of nitrogens with zero attached hydrogens (tertiary/aromatic N) is 1. The van der Waals surface area contributed by atoms with Crippen LogP contribution in [0.5, 0.6) is 11.5 Å². The summed E-state index contributed by atoms with van der Waals surface area (Å²) >= 11 is 0. The summed E-state index contributed by atoms with van der Waals surface area (Å²) in [7, 11) is -3.70. The fourth-order valence-corrected chi connectivity index (χ4v) is 3.48. The topological polar surface area (TPSA) is 77.0 Å². The monoisotopic (exact) mass is 346 g/mol. The highest BCUT2D eigenvalue weighted by Crippen LogP contribution is 2.30. The molecule has 1 aliphatic rings. The van der Waals surface area contributed by atoms with Crippen LogP contribution in [0.3, 0.4) is 0 Å². The van der Waals surface area contributed by atoms with E-state index >= 15 is 0 Å². The summed E-state index contributed by atoms with van der Waals surface area (Å²) in [6.07, 6.45) is 1.43. The van der Waals surface area contributed by atoms with Crippen LogP contribution in [0.1, 0.15) is 16.7 Å². The Hall–Kier alpha value is -2.54. The standard InChI is InChI=1S/C17H18N2O4S/c1-12-3-4-13(2)17(9-12)24(20,21)19-18-11-14-5-6-15-16(10-14)23-8-7-22-15/h3-6,9-11,19H,7-8H2,1-2H3/b18-11+. The molecule has 0 radical (unpaired) electrons. The molecule has 0 spiro atoms. The van der Waals surface area contributed by atoms with E-state index < -0.39 is 10.0 Å². The molecule has 7 heteroatoms. The quantitative estimate of drug-likeness (QED) is 0.681. The van der Waals surface area contributed by atoms with Crippen LogP contribution >= 0.6 is 0 Å². The third-order valence-corrected chi connectivity index (χ3v) is 4.95. The van der Waals surface area contributed by atoms with Gasteiger partial charge in [-0.2, -0.15) is 13.5 Å². The van der Waals surface area contributed by atoms with E-state index in [-0.39, 0.29) is 4.90 Å². The van der Waals surface area contributed by atoms with Crippen LogP contribution in [-0.4, -0.2) is 27.8 Å². The molecule has 6 nitrogen and oxygen atoms in total. The van der Waals surface area contributed by atoms with Gasteiger partial charge in [0.25, 0.3) is 10.0 Å². The largest absolute Gasteiger partial charge is 0.486 e. The van der Waals surface area contributed by atoms with Crippen molar-refractivity contribution in [1.82, 2.24) is 4.83 Å². The molecule has 0 aliphatic carbocycles. The second kappa shape index (κ2) is 6.52. The van der Waals surface area contributed by atoms with Crippen molar-refractivity contribution in [2.45, 2.75) is 18.7 Å². The number of hydrazone groups is 1. The number of rotatable bonds is 4. The van der Waals surface area contributed by atoms with E-state index in [4.69, 9.17) is 9.47 Å². The molecule has 0 bridgehead atoms. The Morgan fingerprint density at radius 2 is 1.79 bits per heavy atom. The summed E-state index contributed by atoms with van der Waals surface area (Å²) in [5.74, 6) is 1.30. The molecule has 1 heterocycles. The van der Waals surface area contributed by atoms with Crippen LogP contribution in [0, 0.1) is 13.8 Å². The SMILES string of the molecule is Cc1ccc(C)c(S(=O)(=O)N/N=C/c2ccc3c(c2)OCCO3)c1. The predicted octanol–water partition coefficient (Wildman–Crippen LogP) is 2.39. The minimum absolute atomic E-state index is 0.224. The Bertz CT molecular complexity index is 891. The lowest BCUT2D eigenvalue weighted by Gasteiger charge is -2.18. The van der Waals surface area contributed by atoms with E-state index in [9.17, 15) is 8.42 Å². The molecule has 126 valence electrons. The molecule has 0 fully saturated rings. The summed E-state index contributed by atoms with van der Waals surface area (Å²) < 4.78 is 35.6. The fourth-order valence-electron chi connectivity index (χ4n) is 2.36. The van der Waals surface area contributed by atoms with Crippen molar-refractivity contribution in [3.05, 3.63) is 53.1 Å². The molecule has 1 aliphatic heterocycles. The van der Waals surface area contributed by atoms with Crippen LogP contribution in [0.25, 0.3) is 0 Å². The van der Waals surface area contributed by atoms with E-state index in [1.165, 1.54) is 6.21 Å². The van der Waals surface area contributed by atoms with Gasteiger partial charge in [-0.1, -0.05) is 12.1 Å². The van der Waals surface area contributed by atoms with Crippen LogP contribution in [0.15, 0.2) is 46.4 Å². The molecule has 0 saturated heterocycles. The number of ether oxygens (including phenoxy) is 2. The average molecular weight is 346 g/mol. The van der Waals surface area contributed by atoms with Gasteiger partial charge in [0.1, 0.15) is 13.2 Å². The molecule has 0 amide bonds. The Morgan fingerprint density at radius 3 is 2.58 bits per heavy atom. The van der Waals surface area contributed by atoms with E-state index in [0.717, 1.165) is 5.56 Å². The van der Waals surface area contributed by atoms with Gasteiger partial charge in [0.2, 0.25) is 0 Å². The summed E-state index contributed by atoms with van der Waals surface area (Å²) in [5.41, 5.74) is 2.25. The maximum atomic E-state index is 12.4. The zero-order chi connectivity index (χ0) is 17.2. The lowest BCUT2D eigenvalue weighted by Crippen LogP contribution is -2.19. The van der Waals surface area contributed by atoms with E-state index in [2.05, 4.69) is 9.93 Å². The highest BCUT2D eigenvalue weighted by molar-refractivity contribution is 7.89. The zero-order valence-corrected chi connectivity index (χ0v) is 14.3. The lowest BCUT2D eigenvalue weighted by atomic mass is 10.2. The Morgan fingerprint density at radius 1 is 1.04 bits per heavy atom. The fraction of sp³-hybridized carbons (Fsp3) is 0.235.